The summed E-state index contributed by atoms with van der Waals surface area (Å²) in [5.74, 6) is 0.518. The zero-order valence-electron chi connectivity index (χ0n) is 16.2. The molecular formula is C20H26N6O2. The summed E-state index contributed by atoms with van der Waals surface area (Å²) in [7, 11) is 2.15. The van der Waals surface area contributed by atoms with Crippen LogP contribution in [0.5, 0.6) is 0 Å². The maximum Gasteiger partial charge on any atom is 0.275 e. The average molecular weight is 382 g/mol. The van der Waals surface area contributed by atoms with Crippen molar-refractivity contribution in [2.24, 2.45) is 0 Å². The first kappa shape index (κ1) is 18.6. The molecule has 1 amide bonds. The van der Waals surface area contributed by atoms with Crippen molar-refractivity contribution in [3.8, 4) is 0 Å². The van der Waals surface area contributed by atoms with E-state index in [2.05, 4.69) is 37.0 Å². The molecule has 2 aliphatic rings. The van der Waals surface area contributed by atoms with Crippen LogP contribution >= 0.6 is 0 Å². The number of nitrogens with one attached hydrogen (secondary N) is 1. The number of anilines is 3. The van der Waals surface area contributed by atoms with Crippen LogP contribution in [0.25, 0.3) is 0 Å². The lowest BCUT2D eigenvalue weighted by molar-refractivity contribution is 0.102. The Balaban J connectivity index is 1.35. The Hall–Kier alpha value is -2.71. The molecule has 0 saturated carbocycles. The SMILES string of the molecule is CN1CCN(c2ccc(NC(=O)c3cnc(N4CCOCC4)cn3)cc2)CC1. The van der Waals surface area contributed by atoms with Crippen LogP contribution < -0.4 is 15.1 Å². The van der Waals surface area contributed by atoms with Crippen LogP contribution in [0, 0.1) is 0 Å². The lowest BCUT2D eigenvalue weighted by Crippen LogP contribution is -2.44. The van der Waals surface area contributed by atoms with Crippen LogP contribution in [-0.2, 0) is 4.74 Å². The molecule has 4 rings (SSSR count). The van der Waals surface area contributed by atoms with E-state index in [1.165, 1.54) is 11.9 Å². The van der Waals surface area contributed by atoms with Crippen molar-refractivity contribution in [1.29, 1.82) is 0 Å². The number of piperazine rings is 1. The van der Waals surface area contributed by atoms with E-state index < -0.39 is 0 Å². The highest BCUT2D eigenvalue weighted by Gasteiger charge is 2.16. The minimum Gasteiger partial charge on any atom is -0.378 e. The standard InChI is InChI=1S/C20H26N6O2/c1-24-6-8-25(9-7-24)17-4-2-16(3-5-17)23-20(27)18-14-22-19(15-21-18)26-10-12-28-13-11-26/h2-5,14-15H,6-13H2,1H3,(H,23,27). The zero-order chi connectivity index (χ0) is 19.3. The van der Waals surface area contributed by atoms with Gasteiger partial charge in [0.05, 0.1) is 25.6 Å². The van der Waals surface area contributed by atoms with Crippen molar-refractivity contribution in [3.05, 3.63) is 42.4 Å². The van der Waals surface area contributed by atoms with Crippen molar-refractivity contribution >= 4 is 23.1 Å². The second kappa shape index (κ2) is 8.53. The maximum absolute atomic E-state index is 12.5. The second-order valence-electron chi connectivity index (χ2n) is 7.15. The van der Waals surface area contributed by atoms with Gasteiger partial charge in [-0.1, -0.05) is 0 Å². The van der Waals surface area contributed by atoms with E-state index in [0.717, 1.165) is 50.8 Å². The number of amides is 1. The van der Waals surface area contributed by atoms with Gasteiger partial charge in [0, 0.05) is 50.6 Å². The summed E-state index contributed by atoms with van der Waals surface area (Å²) in [6.45, 7) is 7.14. The smallest absolute Gasteiger partial charge is 0.275 e. The van der Waals surface area contributed by atoms with Crippen LogP contribution in [0.2, 0.25) is 0 Å². The first-order valence-corrected chi connectivity index (χ1v) is 9.69. The molecule has 2 fully saturated rings. The lowest BCUT2D eigenvalue weighted by atomic mass is 10.2. The normalized spacial score (nSPS) is 18.2. The number of benzene rings is 1. The highest BCUT2D eigenvalue weighted by atomic mass is 16.5. The zero-order valence-corrected chi connectivity index (χ0v) is 16.2. The minimum atomic E-state index is -0.256. The second-order valence-corrected chi connectivity index (χ2v) is 7.15. The average Bonchev–Trinajstić information content (AvgIpc) is 2.76. The molecule has 8 nitrogen and oxygen atoms in total. The molecular weight excluding hydrogens is 356 g/mol. The van der Waals surface area contributed by atoms with Gasteiger partial charge in [-0.05, 0) is 31.3 Å². The van der Waals surface area contributed by atoms with Crippen molar-refractivity contribution in [3.63, 3.8) is 0 Å². The Morgan fingerprint density at radius 1 is 0.929 bits per heavy atom. The van der Waals surface area contributed by atoms with Crippen LogP contribution in [0.4, 0.5) is 17.2 Å². The van der Waals surface area contributed by atoms with E-state index in [1.807, 2.05) is 24.3 Å². The lowest BCUT2D eigenvalue weighted by Gasteiger charge is -2.34. The Morgan fingerprint density at radius 2 is 1.64 bits per heavy atom. The van der Waals surface area contributed by atoms with Crippen LogP contribution in [0.15, 0.2) is 36.7 Å². The van der Waals surface area contributed by atoms with Crippen LogP contribution in [0.3, 0.4) is 0 Å². The summed E-state index contributed by atoms with van der Waals surface area (Å²) in [4.78, 5) is 27.9. The van der Waals surface area contributed by atoms with Gasteiger partial charge in [-0.15, -0.1) is 0 Å². The molecule has 0 spiro atoms. The first-order valence-electron chi connectivity index (χ1n) is 9.69. The maximum atomic E-state index is 12.5. The topological polar surface area (TPSA) is 73.8 Å². The number of aromatic nitrogens is 2. The molecule has 2 aliphatic heterocycles. The van der Waals surface area contributed by atoms with Crippen LogP contribution in [0.1, 0.15) is 10.5 Å². The molecule has 3 heterocycles. The van der Waals surface area contributed by atoms with Gasteiger partial charge in [-0.3, -0.25) is 4.79 Å². The summed E-state index contributed by atoms with van der Waals surface area (Å²) in [6, 6.07) is 7.96. The molecule has 1 N–H and O–H groups in total. The minimum absolute atomic E-state index is 0.256. The van der Waals surface area contributed by atoms with E-state index in [9.17, 15) is 4.79 Å². The summed E-state index contributed by atoms with van der Waals surface area (Å²) in [6.07, 6.45) is 3.18. The van der Waals surface area contributed by atoms with E-state index in [-0.39, 0.29) is 5.91 Å². The van der Waals surface area contributed by atoms with Gasteiger partial charge in [-0.2, -0.15) is 0 Å². The van der Waals surface area contributed by atoms with Gasteiger partial charge < -0.3 is 24.8 Å². The van der Waals surface area contributed by atoms with Crippen LogP contribution in [-0.4, -0.2) is 80.3 Å². The number of likely N-dealkylation sites (N-methyl/N-ethyl adjacent to an activating group) is 1. The molecule has 28 heavy (non-hydrogen) atoms. The van der Waals surface area contributed by atoms with Crippen molar-refractivity contribution in [2.45, 2.75) is 0 Å². The van der Waals surface area contributed by atoms with Crippen molar-refractivity contribution < 1.29 is 9.53 Å². The Morgan fingerprint density at radius 3 is 2.29 bits per heavy atom. The molecule has 1 aromatic heterocycles. The molecule has 148 valence electrons. The van der Waals surface area contributed by atoms with E-state index in [4.69, 9.17) is 4.74 Å². The quantitative estimate of drug-likeness (QED) is 0.855. The molecule has 2 aromatic rings. The highest BCUT2D eigenvalue weighted by molar-refractivity contribution is 6.02. The summed E-state index contributed by atoms with van der Waals surface area (Å²) in [5, 5.41) is 2.89. The number of hydrogen-bond donors (Lipinski definition) is 1. The number of carbonyl (C=O) groups excluding carboxylic acids is 1. The van der Waals surface area contributed by atoms with E-state index in [1.54, 1.807) is 6.20 Å². The van der Waals surface area contributed by atoms with E-state index in [0.29, 0.717) is 18.9 Å². The predicted molar refractivity (Wildman–Crippen MR) is 109 cm³/mol. The van der Waals surface area contributed by atoms with Gasteiger partial charge in [0.1, 0.15) is 11.5 Å². The Labute approximate surface area is 165 Å². The molecule has 0 bridgehead atoms. The number of morpholine rings is 1. The fourth-order valence-electron chi connectivity index (χ4n) is 3.41. The molecule has 8 heteroatoms. The van der Waals surface area contributed by atoms with E-state index >= 15 is 0 Å². The van der Waals surface area contributed by atoms with Gasteiger partial charge in [0.25, 0.3) is 5.91 Å². The number of nitrogens with zero attached hydrogens (tertiary/aromatic N) is 5. The van der Waals surface area contributed by atoms with Gasteiger partial charge in [0.15, 0.2) is 0 Å². The monoisotopic (exact) mass is 382 g/mol. The van der Waals surface area contributed by atoms with Crippen molar-refractivity contribution in [2.75, 3.05) is 74.6 Å². The molecule has 0 atom stereocenters. The fraction of sp³-hybridized carbons (Fsp3) is 0.450. The third-order valence-electron chi connectivity index (χ3n) is 5.20. The largest absolute Gasteiger partial charge is 0.378 e. The molecule has 0 unspecified atom stereocenters. The molecule has 0 aliphatic carbocycles. The summed E-state index contributed by atoms with van der Waals surface area (Å²) < 4.78 is 5.34. The predicted octanol–water partition coefficient (Wildman–Crippen LogP) is 1.32. The van der Waals surface area contributed by atoms with Gasteiger partial charge >= 0.3 is 0 Å². The third-order valence-corrected chi connectivity index (χ3v) is 5.20. The third kappa shape index (κ3) is 4.40. The molecule has 1 aromatic carbocycles. The first-order chi connectivity index (χ1) is 13.7. The molecule has 0 radical (unpaired) electrons. The fourth-order valence-corrected chi connectivity index (χ4v) is 3.41. The number of ether oxygens (including phenoxy) is 1. The number of hydrogen-bond acceptors (Lipinski definition) is 7. The van der Waals surface area contributed by atoms with Gasteiger partial charge in [0.2, 0.25) is 0 Å². The Kier molecular flexibility index (Phi) is 5.68. The molecule has 2 saturated heterocycles. The number of carbonyl (C=O) groups is 1. The number of rotatable bonds is 4. The summed E-state index contributed by atoms with van der Waals surface area (Å²) in [5.41, 5.74) is 2.24. The van der Waals surface area contributed by atoms with Gasteiger partial charge in [-0.25, -0.2) is 9.97 Å². The summed E-state index contributed by atoms with van der Waals surface area (Å²) >= 11 is 0. The highest BCUT2D eigenvalue weighted by Crippen LogP contribution is 2.20. The van der Waals surface area contributed by atoms with Crippen molar-refractivity contribution in [1.82, 2.24) is 14.9 Å². The Bertz CT molecular complexity index is 781.